The Hall–Kier alpha value is -1.57. The van der Waals surface area contributed by atoms with Gasteiger partial charge in [-0.3, -0.25) is 4.68 Å². The second-order valence-electron chi connectivity index (χ2n) is 2.63. The van der Waals surface area contributed by atoms with Gasteiger partial charge in [-0.1, -0.05) is 30.3 Å². The highest BCUT2D eigenvalue weighted by Crippen LogP contribution is 2.16. The van der Waals surface area contributed by atoms with E-state index in [0.717, 1.165) is 5.56 Å². The molecule has 0 saturated heterocycles. The monoisotopic (exact) mass is 157 g/mol. The molecule has 0 bridgehead atoms. The molecular formula is C10H9N2. The van der Waals surface area contributed by atoms with Crippen molar-refractivity contribution in [2.75, 3.05) is 0 Å². The molecule has 0 fully saturated rings. The molecule has 2 aromatic rings. The van der Waals surface area contributed by atoms with E-state index < -0.39 is 0 Å². The van der Waals surface area contributed by atoms with Crippen LogP contribution in [0.4, 0.5) is 0 Å². The van der Waals surface area contributed by atoms with E-state index in [0.29, 0.717) is 0 Å². The van der Waals surface area contributed by atoms with Gasteiger partial charge in [0.15, 0.2) is 0 Å². The fourth-order valence-corrected chi connectivity index (χ4v) is 1.14. The smallest absolute Gasteiger partial charge is 0.0605 e. The van der Waals surface area contributed by atoms with Crippen molar-refractivity contribution in [3.05, 3.63) is 49.8 Å². The summed E-state index contributed by atoms with van der Waals surface area (Å²) in [6.07, 6.45) is 3.71. The first-order valence-corrected chi connectivity index (χ1v) is 3.77. The molecule has 0 spiro atoms. The molecule has 12 heavy (non-hydrogen) atoms. The number of hydrogen-bond acceptors (Lipinski definition) is 1. The lowest BCUT2D eigenvalue weighted by atomic mass is 10.1. The van der Waals surface area contributed by atoms with Gasteiger partial charge in [-0.05, 0) is 5.56 Å². The zero-order valence-corrected chi connectivity index (χ0v) is 6.64. The van der Waals surface area contributed by atoms with E-state index in [9.17, 15) is 0 Å². The molecule has 0 unspecified atom stereocenters. The highest BCUT2D eigenvalue weighted by atomic mass is 15.2. The molecule has 1 heterocycles. The van der Waals surface area contributed by atoms with E-state index in [2.05, 4.69) is 24.3 Å². The molecule has 0 aliphatic carbocycles. The minimum Gasteiger partial charge on any atom is -0.270 e. The number of rotatable bonds is 1. The van der Waals surface area contributed by atoms with Gasteiger partial charge in [0, 0.05) is 11.8 Å². The van der Waals surface area contributed by atoms with Gasteiger partial charge in [0.05, 0.1) is 13.2 Å². The van der Waals surface area contributed by atoms with Gasteiger partial charge in [-0.25, -0.2) is 0 Å². The van der Waals surface area contributed by atoms with Crippen molar-refractivity contribution >= 4 is 0 Å². The lowest BCUT2D eigenvalue weighted by molar-refractivity contribution is 0.877. The van der Waals surface area contributed by atoms with E-state index >= 15 is 0 Å². The van der Waals surface area contributed by atoms with Crippen LogP contribution < -0.4 is 0 Å². The molecule has 0 atom stereocenters. The second kappa shape index (κ2) is 2.81. The van der Waals surface area contributed by atoms with Crippen LogP contribution in [0.1, 0.15) is 0 Å². The van der Waals surface area contributed by atoms with Crippen LogP contribution in [0.25, 0.3) is 11.1 Å². The third-order valence-electron chi connectivity index (χ3n) is 1.74. The fraction of sp³-hybridized carbons (Fsp3) is 0. The third kappa shape index (κ3) is 1.23. The molecule has 1 aromatic carbocycles. The quantitative estimate of drug-likeness (QED) is 0.620. The van der Waals surface area contributed by atoms with Gasteiger partial charge in [0.1, 0.15) is 0 Å². The Morgan fingerprint density at radius 3 is 2.42 bits per heavy atom. The van der Waals surface area contributed by atoms with Gasteiger partial charge in [0.2, 0.25) is 0 Å². The van der Waals surface area contributed by atoms with Gasteiger partial charge < -0.3 is 0 Å². The van der Waals surface area contributed by atoms with Crippen molar-refractivity contribution in [1.29, 1.82) is 0 Å². The summed E-state index contributed by atoms with van der Waals surface area (Å²) in [6.45, 7) is 0. The van der Waals surface area contributed by atoms with E-state index in [-0.39, 0.29) is 0 Å². The average Bonchev–Trinajstić information content (AvgIpc) is 2.54. The average molecular weight is 157 g/mol. The minimum atomic E-state index is 1.10. The van der Waals surface area contributed by atoms with Crippen LogP contribution in [0.5, 0.6) is 0 Å². The van der Waals surface area contributed by atoms with Crippen molar-refractivity contribution in [2.24, 2.45) is 0 Å². The summed E-state index contributed by atoms with van der Waals surface area (Å²) in [4.78, 5) is 0. The Kier molecular flexibility index (Phi) is 1.67. The van der Waals surface area contributed by atoms with E-state index in [4.69, 9.17) is 0 Å². The van der Waals surface area contributed by atoms with Crippen molar-refractivity contribution in [3.8, 4) is 11.1 Å². The first-order chi connectivity index (χ1) is 5.86. The predicted molar refractivity (Wildman–Crippen MR) is 48.4 cm³/mol. The summed E-state index contributed by atoms with van der Waals surface area (Å²) in [5.41, 5.74) is 2.28. The van der Waals surface area contributed by atoms with Crippen LogP contribution in [-0.2, 0) is 0 Å². The van der Waals surface area contributed by atoms with Gasteiger partial charge in [-0.15, -0.1) is 0 Å². The molecule has 0 N–H and O–H groups in total. The maximum absolute atomic E-state index is 4.00. The van der Waals surface area contributed by atoms with Crippen LogP contribution in [-0.4, -0.2) is 9.78 Å². The van der Waals surface area contributed by atoms with Gasteiger partial charge in [0.25, 0.3) is 0 Å². The first-order valence-electron chi connectivity index (χ1n) is 3.77. The van der Waals surface area contributed by atoms with Crippen LogP contribution in [0.3, 0.4) is 0 Å². The molecule has 1 aromatic heterocycles. The molecule has 0 saturated carbocycles. The van der Waals surface area contributed by atoms with Crippen molar-refractivity contribution in [3.63, 3.8) is 0 Å². The third-order valence-corrected chi connectivity index (χ3v) is 1.74. The van der Waals surface area contributed by atoms with Gasteiger partial charge >= 0.3 is 0 Å². The zero-order valence-electron chi connectivity index (χ0n) is 6.64. The molecule has 1 radical (unpaired) electrons. The standard InChI is InChI=1S/C10H9N2/c1-12-8-10(7-11-12)9-5-3-2-4-6-9/h2-8H,1H2. The molecule has 2 heteroatoms. The molecule has 0 aliphatic heterocycles. The number of benzene rings is 1. The van der Waals surface area contributed by atoms with Crippen molar-refractivity contribution in [1.82, 2.24) is 9.78 Å². The van der Waals surface area contributed by atoms with Crippen molar-refractivity contribution < 1.29 is 0 Å². The Morgan fingerprint density at radius 1 is 1.08 bits per heavy atom. The number of hydrogen-bond donors (Lipinski definition) is 0. The molecule has 0 amide bonds. The Bertz CT molecular complexity index is 362. The Labute approximate surface area is 71.5 Å². The highest BCUT2D eigenvalue weighted by Gasteiger charge is 1.96. The molecule has 2 rings (SSSR count). The topological polar surface area (TPSA) is 17.8 Å². The first kappa shape index (κ1) is 7.10. The molecular weight excluding hydrogens is 148 g/mol. The molecule has 2 nitrogen and oxygen atoms in total. The summed E-state index contributed by atoms with van der Waals surface area (Å²) in [5.74, 6) is 0. The number of aromatic nitrogens is 2. The lowest BCUT2D eigenvalue weighted by Gasteiger charge is -1.93. The SMILES string of the molecule is [CH2]n1cc(-c2ccccc2)cn1. The normalized spacial score (nSPS) is 10.1. The maximum atomic E-state index is 4.00. The second-order valence-corrected chi connectivity index (χ2v) is 2.63. The van der Waals surface area contributed by atoms with Crippen molar-refractivity contribution in [2.45, 2.75) is 0 Å². The Morgan fingerprint density at radius 2 is 1.83 bits per heavy atom. The minimum absolute atomic E-state index is 1.10. The number of nitrogens with zero attached hydrogens (tertiary/aromatic N) is 2. The molecule has 59 valence electrons. The van der Waals surface area contributed by atoms with Crippen LogP contribution in [0.15, 0.2) is 42.7 Å². The van der Waals surface area contributed by atoms with Crippen LogP contribution in [0.2, 0.25) is 0 Å². The molecule has 0 aliphatic rings. The van der Waals surface area contributed by atoms with Crippen LogP contribution >= 0.6 is 0 Å². The summed E-state index contributed by atoms with van der Waals surface area (Å²) in [5, 5.41) is 4.00. The lowest BCUT2D eigenvalue weighted by Crippen LogP contribution is -1.80. The maximum Gasteiger partial charge on any atom is 0.0605 e. The summed E-state index contributed by atoms with van der Waals surface area (Å²) in [7, 11) is 3.67. The van der Waals surface area contributed by atoms with Gasteiger partial charge in [-0.2, -0.15) is 5.10 Å². The predicted octanol–water partition coefficient (Wildman–Crippen LogP) is 2.19. The Balaban J connectivity index is 2.45. The zero-order chi connectivity index (χ0) is 8.39. The summed E-state index contributed by atoms with van der Waals surface area (Å²) >= 11 is 0. The largest absolute Gasteiger partial charge is 0.270 e. The summed E-state index contributed by atoms with van der Waals surface area (Å²) < 4.78 is 1.56. The van der Waals surface area contributed by atoms with E-state index in [1.807, 2.05) is 30.6 Å². The van der Waals surface area contributed by atoms with Crippen LogP contribution in [0, 0.1) is 7.05 Å². The summed E-state index contributed by atoms with van der Waals surface area (Å²) in [6, 6.07) is 10.1. The van der Waals surface area contributed by atoms with E-state index in [1.54, 1.807) is 4.68 Å². The fourth-order valence-electron chi connectivity index (χ4n) is 1.14. The van der Waals surface area contributed by atoms with E-state index in [1.165, 1.54) is 5.56 Å². The highest BCUT2D eigenvalue weighted by molar-refractivity contribution is 5.61.